The Balaban J connectivity index is 1.76. The number of rotatable bonds is 4. The number of carbonyl (C=O) groups excluding carboxylic acids is 3. The number of fused-ring (bicyclic) bond motifs is 1. The third kappa shape index (κ3) is 3.20. The highest BCUT2D eigenvalue weighted by Crippen LogP contribution is 2.25. The average Bonchev–Trinajstić information content (AvgIpc) is 2.58. The van der Waals surface area contributed by atoms with E-state index in [2.05, 4.69) is 10.6 Å². The van der Waals surface area contributed by atoms with E-state index >= 15 is 0 Å². The van der Waals surface area contributed by atoms with Gasteiger partial charge in [0.2, 0.25) is 11.8 Å². The van der Waals surface area contributed by atoms with Gasteiger partial charge in [-0.3, -0.25) is 14.5 Å². The van der Waals surface area contributed by atoms with Crippen molar-refractivity contribution in [3.8, 4) is 0 Å². The third-order valence-electron chi connectivity index (χ3n) is 4.45. The second kappa shape index (κ2) is 6.93. The van der Waals surface area contributed by atoms with Crippen LogP contribution < -0.4 is 10.6 Å². The first kappa shape index (κ1) is 17.0. The molecular formula is C19H21N3O3. The zero-order valence-corrected chi connectivity index (χ0v) is 14.3. The molecule has 1 saturated heterocycles. The molecule has 6 nitrogen and oxygen atoms in total. The lowest BCUT2D eigenvalue weighted by Crippen LogP contribution is -2.64. The van der Waals surface area contributed by atoms with Crippen LogP contribution in [0.2, 0.25) is 0 Å². The van der Waals surface area contributed by atoms with Gasteiger partial charge in [-0.05, 0) is 30.2 Å². The van der Waals surface area contributed by atoms with Crippen molar-refractivity contribution in [1.29, 1.82) is 0 Å². The molecule has 130 valence electrons. The van der Waals surface area contributed by atoms with Gasteiger partial charge in [0.1, 0.15) is 6.04 Å². The largest absolute Gasteiger partial charge is 0.355 e. The number of nitrogens with zero attached hydrogens (tertiary/aromatic N) is 1. The van der Waals surface area contributed by atoms with Crippen LogP contribution in [0, 0.1) is 0 Å². The van der Waals surface area contributed by atoms with E-state index in [9.17, 15) is 14.4 Å². The topological polar surface area (TPSA) is 78.5 Å². The smallest absolute Gasteiger partial charge is 0.325 e. The van der Waals surface area contributed by atoms with Gasteiger partial charge in [0.25, 0.3) is 0 Å². The van der Waals surface area contributed by atoms with Crippen molar-refractivity contribution < 1.29 is 14.4 Å². The van der Waals surface area contributed by atoms with Gasteiger partial charge in [-0.15, -0.1) is 0 Å². The molecule has 2 atom stereocenters. The number of β-lactam (4-membered cyclic amide) rings is 1. The number of likely N-dealkylation sites (tertiary alicyclic amines) is 1. The third-order valence-corrected chi connectivity index (χ3v) is 4.45. The number of nitrogens with one attached hydrogen (secondary N) is 2. The van der Waals surface area contributed by atoms with Crippen LogP contribution in [-0.4, -0.2) is 35.3 Å². The van der Waals surface area contributed by atoms with Gasteiger partial charge in [-0.1, -0.05) is 42.5 Å². The second-order valence-electron chi connectivity index (χ2n) is 6.12. The van der Waals surface area contributed by atoms with Crippen molar-refractivity contribution >= 4 is 28.6 Å². The Bertz CT molecular complexity index is 828. The van der Waals surface area contributed by atoms with Crippen LogP contribution in [0.3, 0.4) is 0 Å². The number of benzene rings is 2. The summed E-state index contributed by atoms with van der Waals surface area (Å²) in [4.78, 5) is 37.2. The van der Waals surface area contributed by atoms with E-state index in [1.807, 2.05) is 49.4 Å². The molecule has 0 aliphatic carbocycles. The summed E-state index contributed by atoms with van der Waals surface area (Å²) in [6.07, 6.45) is 0.0713. The summed E-state index contributed by atoms with van der Waals surface area (Å²) in [6, 6.07) is 12.3. The van der Waals surface area contributed by atoms with E-state index in [0.717, 1.165) is 21.2 Å². The fraction of sp³-hybridized carbons (Fsp3) is 0.316. The van der Waals surface area contributed by atoms with E-state index in [1.165, 1.54) is 0 Å². The summed E-state index contributed by atoms with van der Waals surface area (Å²) in [6.45, 7) is 4.13. The Kier molecular flexibility index (Phi) is 4.70. The fourth-order valence-corrected chi connectivity index (χ4v) is 3.13. The molecule has 0 saturated carbocycles. The van der Waals surface area contributed by atoms with Crippen LogP contribution in [0.1, 0.15) is 31.9 Å². The Labute approximate surface area is 146 Å². The van der Waals surface area contributed by atoms with Crippen LogP contribution >= 0.6 is 0 Å². The highest BCUT2D eigenvalue weighted by atomic mass is 16.2. The molecule has 2 aromatic carbocycles. The minimum Gasteiger partial charge on any atom is -0.355 e. The number of hydrogen-bond acceptors (Lipinski definition) is 3. The zero-order valence-electron chi connectivity index (χ0n) is 14.3. The van der Waals surface area contributed by atoms with Crippen molar-refractivity contribution in [1.82, 2.24) is 15.5 Å². The summed E-state index contributed by atoms with van der Waals surface area (Å²) < 4.78 is 0. The van der Waals surface area contributed by atoms with Crippen LogP contribution in [-0.2, 0) is 9.59 Å². The lowest BCUT2D eigenvalue weighted by molar-refractivity contribution is -0.148. The molecule has 2 N–H and O–H groups in total. The highest BCUT2D eigenvalue weighted by Gasteiger charge is 2.45. The van der Waals surface area contributed by atoms with E-state index in [-0.39, 0.29) is 24.3 Å². The maximum absolute atomic E-state index is 12.5. The molecule has 2 aromatic rings. The van der Waals surface area contributed by atoms with Crippen LogP contribution in [0.5, 0.6) is 0 Å². The molecule has 0 spiro atoms. The Morgan fingerprint density at radius 1 is 1.20 bits per heavy atom. The van der Waals surface area contributed by atoms with Crippen molar-refractivity contribution in [2.24, 2.45) is 0 Å². The van der Waals surface area contributed by atoms with Gasteiger partial charge >= 0.3 is 6.03 Å². The van der Waals surface area contributed by atoms with Crippen molar-refractivity contribution in [3.05, 3.63) is 48.0 Å². The molecule has 1 heterocycles. The molecule has 1 aliphatic heterocycles. The molecule has 4 amide bonds. The van der Waals surface area contributed by atoms with Crippen LogP contribution in [0.15, 0.2) is 42.5 Å². The van der Waals surface area contributed by atoms with Crippen molar-refractivity contribution in [3.63, 3.8) is 0 Å². The highest BCUT2D eigenvalue weighted by molar-refractivity contribution is 6.07. The van der Waals surface area contributed by atoms with E-state index in [0.29, 0.717) is 6.54 Å². The molecule has 0 aromatic heterocycles. The first-order valence-electron chi connectivity index (χ1n) is 8.40. The number of urea groups is 1. The molecule has 6 heteroatoms. The Morgan fingerprint density at radius 3 is 2.64 bits per heavy atom. The number of hydrogen-bond donors (Lipinski definition) is 2. The van der Waals surface area contributed by atoms with Crippen LogP contribution in [0.25, 0.3) is 10.8 Å². The average molecular weight is 339 g/mol. The van der Waals surface area contributed by atoms with Crippen molar-refractivity contribution in [2.75, 3.05) is 6.54 Å². The van der Waals surface area contributed by atoms with E-state index in [4.69, 9.17) is 0 Å². The van der Waals surface area contributed by atoms with Gasteiger partial charge in [0.05, 0.1) is 12.5 Å². The lowest BCUT2D eigenvalue weighted by Gasteiger charge is -2.37. The molecule has 0 bridgehead atoms. The summed E-state index contributed by atoms with van der Waals surface area (Å²) in [7, 11) is 0. The summed E-state index contributed by atoms with van der Waals surface area (Å²) in [5.41, 5.74) is 0.967. The summed E-state index contributed by atoms with van der Waals surface area (Å²) in [5.74, 6) is -0.631. The molecule has 0 radical (unpaired) electrons. The zero-order chi connectivity index (χ0) is 18.0. The maximum Gasteiger partial charge on any atom is 0.325 e. The van der Waals surface area contributed by atoms with E-state index in [1.54, 1.807) is 6.92 Å². The minimum absolute atomic E-state index is 0.0713. The fourth-order valence-electron chi connectivity index (χ4n) is 3.13. The molecule has 1 fully saturated rings. The number of amides is 4. The second-order valence-corrected chi connectivity index (χ2v) is 6.12. The first-order valence-corrected chi connectivity index (χ1v) is 8.40. The van der Waals surface area contributed by atoms with Gasteiger partial charge in [-0.2, -0.15) is 0 Å². The predicted octanol–water partition coefficient (Wildman–Crippen LogP) is 2.35. The number of carbonyl (C=O) groups is 3. The minimum atomic E-state index is -0.716. The van der Waals surface area contributed by atoms with Gasteiger partial charge in [0.15, 0.2) is 0 Å². The maximum atomic E-state index is 12.5. The molecule has 2 unspecified atom stereocenters. The Morgan fingerprint density at radius 2 is 1.92 bits per heavy atom. The summed E-state index contributed by atoms with van der Waals surface area (Å²) in [5, 5.41) is 7.62. The molecular weight excluding hydrogens is 318 g/mol. The van der Waals surface area contributed by atoms with Crippen molar-refractivity contribution in [2.45, 2.75) is 32.4 Å². The Hall–Kier alpha value is -2.89. The van der Waals surface area contributed by atoms with Gasteiger partial charge in [0, 0.05) is 6.54 Å². The molecule has 1 aliphatic rings. The van der Waals surface area contributed by atoms with Gasteiger partial charge < -0.3 is 10.6 Å². The summed E-state index contributed by atoms with van der Waals surface area (Å²) >= 11 is 0. The number of imide groups is 1. The van der Waals surface area contributed by atoms with Gasteiger partial charge in [-0.25, -0.2) is 4.79 Å². The molecule has 25 heavy (non-hydrogen) atoms. The number of likely N-dealkylation sites (N-methyl/N-ethyl adjacent to an activating group) is 1. The standard InChI is InChI=1S/C19H21N3O3/c1-3-20-18(24)16-11-17(23)22(16)19(25)21-12(2)14-10-6-8-13-7-4-5-9-15(13)14/h4-10,12,16H,3,11H2,1-2H3,(H,20,24)(H,21,25). The first-order chi connectivity index (χ1) is 12.0. The SMILES string of the molecule is CCNC(=O)C1CC(=O)N1C(=O)NC(C)c1cccc2ccccc12. The van der Waals surface area contributed by atoms with Crippen LogP contribution in [0.4, 0.5) is 4.79 Å². The quantitative estimate of drug-likeness (QED) is 0.839. The normalized spacial score (nSPS) is 17.8. The molecule has 3 rings (SSSR count). The monoisotopic (exact) mass is 339 g/mol. The predicted molar refractivity (Wildman–Crippen MR) is 94.8 cm³/mol. The lowest BCUT2D eigenvalue weighted by atomic mass is 9.99. The van der Waals surface area contributed by atoms with E-state index < -0.39 is 12.1 Å².